The molecule has 0 bridgehead atoms. The van der Waals surface area contributed by atoms with Crippen molar-refractivity contribution in [1.29, 1.82) is 0 Å². The molecule has 4 nitrogen and oxygen atoms in total. The van der Waals surface area contributed by atoms with Gasteiger partial charge in [0, 0.05) is 4.47 Å². The normalized spacial score (nSPS) is 11.6. The van der Waals surface area contributed by atoms with E-state index in [1.54, 1.807) is 6.07 Å². The number of halogens is 2. The second-order valence-corrected chi connectivity index (χ2v) is 5.92. The molecule has 0 heterocycles. The van der Waals surface area contributed by atoms with Gasteiger partial charge in [-0.2, -0.15) is 0 Å². The fraction of sp³-hybridized carbons (Fsp3) is 0.176. The zero-order valence-electron chi connectivity index (χ0n) is 12.5. The van der Waals surface area contributed by atoms with Crippen LogP contribution in [-0.2, 0) is 4.79 Å². The molecule has 2 N–H and O–H groups in total. The van der Waals surface area contributed by atoms with Gasteiger partial charge in [-0.05, 0) is 36.8 Å². The zero-order valence-corrected chi connectivity index (χ0v) is 14.1. The van der Waals surface area contributed by atoms with Crippen molar-refractivity contribution in [3.05, 3.63) is 69.9 Å². The van der Waals surface area contributed by atoms with Gasteiger partial charge in [0.2, 0.25) is 5.91 Å². The van der Waals surface area contributed by atoms with Crippen LogP contribution in [0.2, 0.25) is 0 Å². The van der Waals surface area contributed by atoms with Crippen molar-refractivity contribution in [2.45, 2.75) is 13.0 Å². The van der Waals surface area contributed by atoms with E-state index in [1.165, 1.54) is 18.2 Å². The first-order valence-electron chi connectivity index (χ1n) is 7.05. The largest absolute Gasteiger partial charge is 0.348 e. The molecule has 0 fully saturated rings. The monoisotopic (exact) mass is 378 g/mol. The Morgan fingerprint density at radius 1 is 1.13 bits per heavy atom. The van der Waals surface area contributed by atoms with Gasteiger partial charge in [0.1, 0.15) is 5.82 Å². The van der Waals surface area contributed by atoms with E-state index in [0.717, 1.165) is 10.0 Å². The highest BCUT2D eigenvalue weighted by molar-refractivity contribution is 9.10. The Hall–Kier alpha value is -2.21. The minimum Gasteiger partial charge on any atom is -0.348 e. The quantitative estimate of drug-likeness (QED) is 0.839. The van der Waals surface area contributed by atoms with Crippen molar-refractivity contribution in [3.63, 3.8) is 0 Å². The van der Waals surface area contributed by atoms with E-state index in [2.05, 4.69) is 26.6 Å². The number of benzene rings is 2. The topological polar surface area (TPSA) is 58.2 Å². The van der Waals surface area contributed by atoms with Crippen LogP contribution in [0.4, 0.5) is 4.39 Å². The fourth-order valence-corrected chi connectivity index (χ4v) is 2.29. The average Bonchev–Trinajstić information content (AvgIpc) is 2.53. The summed E-state index contributed by atoms with van der Waals surface area (Å²) in [6, 6.07) is 13.0. The van der Waals surface area contributed by atoms with Crippen LogP contribution < -0.4 is 10.6 Å². The predicted octanol–water partition coefficient (Wildman–Crippen LogP) is 3.20. The molecule has 0 unspecified atom stereocenters. The Kier molecular flexibility index (Phi) is 5.87. The Morgan fingerprint density at radius 3 is 2.43 bits per heavy atom. The molecule has 0 saturated heterocycles. The summed E-state index contributed by atoms with van der Waals surface area (Å²) in [6.07, 6.45) is 0. The van der Waals surface area contributed by atoms with Crippen molar-refractivity contribution in [1.82, 2.24) is 10.6 Å². The van der Waals surface area contributed by atoms with Gasteiger partial charge in [0.15, 0.2) is 0 Å². The summed E-state index contributed by atoms with van der Waals surface area (Å²) in [4.78, 5) is 23.7. The lowest BCUT2D eigenvalue weighted by atomic mass is 10.1. The standard InChI is InChI=1S/C17H16BrFN2O2/c1-11(12-6-8-13(18)9-7-12)21-16(22)10-20-17(23)14-4-2-3-5-15(14)19/h2-9,11H,10H2,1H3,(H,20,23)(H,21,22)/t11-/m1/s1. The van der Waals surface area contributed by atoms with Crippen LogP contribution in [0.1, 0.15) is 28.9 Å². The van der Waals surface area contributed by atoms with E-state index >= 15 is 0 Å². The molecular formula is C17H16BrFN2O2. The lowest BCUT2D eigenvalue weighted by molar-refractivity contribution is -0.120. The van der Waals surface area contributed by atoms with Gasteiger partial charge in [-0.3, -0.25) is 9.59 Å². The molecule has 2 amide bonds. The van der Waals surface area contributed by atoms with E-state index in [0.29, 0.717) is 0 Å². The van der Waals surface area contributed by atoms with Gasteiger partial charge in [-0.1, -0.05) is 40.2 Å². The van der Waals surface area contributed by atoms with Gasteiger partial charge in [0.25, 0.3) is 5.91 Å². The SMILES string of the molecule is C[C@@H](NC(=O)CNC(=O)c1ccccc1F)c1ccc(Br)cc1. The van der Waals surface area contributed by atoms with Crippen LogP contribution in [-0.4, -0.2) is 18.4 Å². The minimum atomic E-state index is -0.617. The summed E-state index contributed by atoms with van der Waals surface area (Å²) in [6.45, 7) is 1.63. The molecule has 0 saturated carbocycles. The zero-order chi connectivity index (χ0) is 16.8. The third-order valence-electron chi connectivity index (χ3n) is 3.28. The van der Waals surface area contributed by atoms with Gasteiger partial charge in [0.05, 0.1) is 18.2 Å². The molecule has 0 aliphatic carbocycles. The maximum atomic E-state index is 13.5. The van der Waals surface area contributed by atoms with Crippen LogP contribution >= 0.6 is 15.9 Å². The second-order valence-electron chi connectivity index (χ2n) is 5.00. The Labute approximate surface area is 142 Å². The lowest BCUT2D eigenvalue weighted by Gasteiger charge is -2.15. The number of nitrogens with one attached hydrogen (secondary N) is 2. The van der Waals surface area contributed by atoms with Crippen molar-refractivity contribution >= 4 is 27.7 Å². The number of hydrogen-bond donors (Lipinski definition) is 2. The highest BCUT2D eigenvalue weighted by Crippen LogP contribution is 2.16. The van der Waals surface area contributed by atoms with E-state index < -0.39 is 11.7 Å². The molecule has 1 atom stereocenters. The van der Waals surface area contributed by atoms with Crippen LogP contribution in [0.15, 0.2) is 53.0 Å². The summed E-state index contributed by atoms with van der Waals surface area (Å²) in [5.41, 5.74) is 0.864. The molecule has 120 valence electrons. The van der Waals surface area contributed by atoms with E-state index in [-0.39, 0.29) is 24.1 Å². The van der Waals surface area contributed by atoms with E-state index in [9.17, 15) is 14.0 Å². The first-order valence-corrected chi connectivity index (χ1v) is 7.84. The average molecular weight is 379 g/mol. The number of rotatable bonds is 5. The fourth-order valence-electron chi connectivity index (χ4n) is 2.03. The maximum absolute atomic E-state index is 13.5. The number of carbonyl (C=O) groups excluding carboxylic acids is 2. The first-order chi connectivity index (χ1) is 11.0. The molecule has 6 heteroatoms. The number of amides is 2. The third-order valence-corrected chi connectivity index (χ3v) is 3.80. The van der Waals surface area contributed by atoms with Crippen molar-refractivity contribution in [2.75, 3.05) is 6.54 Å². The van der Waals surface area contributed by atoms with Crippen molar-refractivity contribution in [2.24, 2.45) is 0 Å². The van der Waals surface area contributed by atoms with Crippen LogP contribution in [0.5, 0.6) is 0 Å². The van der Waals surface area contributed by atoms with Gasteiger partial charge < -0.3 is 10.6 Å². The smallest absolute Gasteiger partial charge is 0.254 e. The maximum Gasteiger partial charge on any atom is 0.254 e. The lowest BCUT2D eigenvalue weighted by Crippen LogP contribution is -2.38. The highest BCUT2D eigenvalue weighted by atomic mass is 79.9. The second kappa shape index (κ2) is 7.87. The molecule has 2 aromatic carbocycles. The van der Waals surface area contributed by atoms with Crippen LogP contribution in [0, 0.1) is 5.82 Å². The summed E-state index contributed by atoms with van der Waals surface area (Å²) < 4.78 is 14.4. The summed E-state index contributed by atoms with van der Waals surface area (Å²) in [5.74, 6) is -1.58. The van der Waals surface area contributed by atoms with Crippen LogP contribution in [0.25, 0.3) is 0 Å². The Morgan fingerprint density at radius 2 is 1.78 bits per heavy atom. The van der Waals surface area contributed by atoms with Gasteiger partial charge in [-0.15, -0.1) is 0 Å². The molecule has 0 aliphatic rings. The van der Waals surface area contributed by atoms with Crippen molar-refractivity contribution < 1.29 is 14.0 Å². The Balaban J connectivity index is 1.86. The van der Waals surface area contributed by atoms with Gasteiger partial charge >= 0.3 is 0 Å². The Bertz CT molecular complexity index is 704. The number of hydrogen-bond acceptors (Lipinski definition) is 2. The molecule has 23 heavy (non-hydrogen) atoms. The predicted molar refractivity (Wildman–Crippen MR) is 89.4 cm³/mol. The molecule has 0 aliphatic heterocycles. The summed E-state index contributed by atoms with van der Waals surface area (Å²) in [7, 11) is 0. The minimum absolute atomic E-state index is 0.0822. The first kappa shape index (κ1) is 17.1. The summed E-state index contributed by atoms with van der Waals surface area (Å²) in [5, 5.41) is 5.18. The van der Waals surface area contributed by atoms with E-state index in [4.69, 9.17) is 0 Å². The molecular weight excluding hydrogens is 363 g/mol. The molecule has 2 aromatic rings. The third kappa shape index (κ3) is 4.89. The summed E-state index contributed by atoms with van der Waals surface area (Å²) >= 11 is 3.35. The molecule has 0 radical (unpaired) electrons. The molecule has 0 spiro atoms. The van der Waals surface area contributed by atoms with Gasteiger partial charge in [-0.25, -0.2) is 4.39 Å². The van der Waals surface area contributed by atoms with Crippen LogP contribution in [0.3, 0.4) is 0 Å². The van der Waals surface area contributed by atoms with E-state index in [1.807, 2.05) is 31.2 Å². The number of carbonyl (C=O) groups is 2. The molecule has 2 rings (SSSR count). The highest BCUT2D eigenvalue weighted by Gasteiger charge is 2.13. The van der Waals surface area contributed by atoms with Crippen molar-refractivity contribution in [3.8, 4) is 0 Å². The molecule has 0 aromatic heterocycles.